The molecule has 0 radical (unpaired) electrons. The SMILES string of the molecule is Cl.O=C(Oc1ccccc1)c1ccc(OC2CNC2)cc1. The van der Waals surface area contributed by atoms with E-state index >= 15 is 0 Å². The van der Waals surface area contributed by atoms with Crippen LogP contribution in [-0.4, -0.2) is 25.2 Å². The number of nitrogens with one attached hydrogen (secondary N) is 1. The molecule has 3 rings (SSSR count). The molecule has 1 aliphatic rings. The summed E-state index contributed by atoms with van der Waals surface area (Å²) in [6, 6.07) is 16.0. The van der Waals surface area contributed by atoms with Crippen molar-refractivity contribution < 1.29 is 14.3 Å². The van der Waals surface area contributed by atoms with Crippen molar-refractivity contribution in [2.75, 3.05) is 13.1 Å². The summed E-state index contributed by atoms with van der Waals surface area (Å²) in [5.41, 5.74) is 0.507. The molecule has 2 aromatic rings. The Morgan fingerprint density at radius 3 is 2.19 bits per heavy atom. The van der Waals surface area contributed by atoms with Gasteiger partial charge in [-0.15, -0.1) is 12.4 Å². The van der Waals surface area contributed by atoms with Crippen molar-refractivity contribution in [3.8, 4) is 11.5 Å². The molecule has 1 heterocycles. The summed E-state index contributed by atoms with van der Waals surface area (Å²) < 4.78 is 11.0. The molecule has 1 saturated heterocycles. The Bertz CT molecular complexity index is 582. The largest absolute Gasteiger partial charge is 0.488 e. The molecule has 110 valence electrons. The van der Waals surface area contributed by atoms with Crippen LogP contribution in [0.4, 0.5) is 0 Å². The highest BCUT2D eigenvalue weighted by atomic mass is 35.5. The van der Waals surface area contributed by atoms with Crippen molar-refractivity contribution in [2.45, 2.75) is 6.10 Å². The number of hydrogen-bond acceptors (Lipinski definition) is 4. The van der Waals surface area contributed by atoms with Crippen LogP contribution in [0.2, 0.25) is 0 Å². The third-order valence-electron chi connectivity index (χ3n) is 3.09. The maximum atomic E-state index is 11.9. The fourth-order valence-electron chi connectivity index (χ4n) is 1.86. The van der Waals surface area contributed by atoms with E-state index in [1.165, 1.54) is 0 Å². The van der Waals surface area contributed by atoms with E-state index in [-0.39, 0.29) is 24.5 Å². The van der Waals surface area contributed by atoms with Crippen molar-refractivity contribution in [2.24, 2.45) is 0 Å². The van der Waals surface area contributed by atoms with Gasteiger partial charge in [0.25, 0.3) is 0 Å². The number of esters is 1. The molecule has 4 nitrogen and oxygen atoms in total. The van der Waals surface area contributed by atoms with Crippen molar-refractivity contribution in [3.63, 3.8) is 0 Å². The first-order valence-electron chi connectivity index (χ1n) is 6.56. The lowest BCUT2D eigenvalue weighted by atomic mass is 10.2. The molecular weight excluding hydrogens is 290 g/mol. The molecule has 21 heavy (non-hydrogen) atoms. The average molecular weight is 306 g/mol. The van der Waals surface area contributed by atoms with Gasteiger partial charge in [-0.3, -0.25) is 0 Å². The van der Waals surface area contributed by atoms with Gasteiger partial charge in [0, 0.05) is 13.1 Å². The molecule has 1 N–H and O–H groups in total. The van der Waals surface area contributed by atoms with Crippen molar-refractivity contribution in [1.29, 1.82) is 0 Å². The lowest BCUT2D eigenvalue weighted by Gasteiger charge is -2.27. The molecular formula is C16H16ClNO3. The van der Waals surface area contributed by atoms with Crippen LogP contribution in [0.15, 0.2) is 54.6 Å². The molecule has 0 saturated carbocycles. The highest BCUT2D eigenvalue weighted by Crippen LogP contribution is 2.17. The van der Waals surface area contributed by atoms with Crippen molar-refractivity contribution in [1.82, 2.24) is 5.32 Å². The molecule has 0 unspecified atom stereocenters. The number of halogens is 1. The quantitative estimate of drug-likeness (QED) is 0.697. The molecule has 0 atom stereocenters. The van der Waals surface area contributed by atoms with E-state index in [0.29, 0.717) is 11.3 Å². The normalized spacial score (nSPS) is 13.7. The second kappa shape index (κ2) is 7.11. The Labute approximate surface area is 129 Å². The van der Waals surface area contributed by atoms with Crippen LogP contribution in [0.1, 0.15) is 10.4 Å². The number of ether oxygens (including phenoxy) is 2. The molecule has 5 heteroatoms. The maximum Gasteiger partial charge on any atom is 0.343 e. The molecule has 0 spiro atoms. The highest BCUT2D eigenvalue weighted by molar-refractivity contribution is 5.91. The number of hydrogen-bond donors (Lipinski definition) is 1. The van der Waals surface area contributed by atoms with Crippen LogP contribution >= 0.6 is 12.4 Å². The van der Waals surface area contributed by atoms with Crippen LogP contribution in [0.3, 0.4) is 0 Å². The van der Waals surface area contributed by atoms with E-state index in [9.17, 15) is 4.79 Å². The number of carbonyl (C=O) groups is 1. The zero-order valence-electron chi connectivity index (χ0n) is 11.3. The Hall–Kier alpha value is -2.04. The molecule has 2 aromatic carbocycles. The van der Waals surface area contributed by atoms with E-state index < -0.39 is 0 Å². The summed E-state index contributed by atoms with van der Waals surface area (Å²) in [5.74, 6) is 0.944. The Balaban J connectivity index is 0.00000161. The summed E-state index contributed by atoms with van der Waals surface area (Å²) in [7, 11) is 0. The Kier molecular flexibility index (Phi) is 5.20. The van der Waals surface area contributed by atoms with Crippen LogP contribution < -0.4 is 14.8 Å². The first-order valence-corrected chi connectivity index (χ1v) is 6.56. The smallest absolute Gasteiger partial charge is 0.343 e. The lowest BCUT2D eigenvalue weighted by molar-refractivity contribution is 0.0734. The van der Waals surface area contributed by atoms with Crippen LogP contribution in [0.5, 0.6) is 11.5 Å². The Morgan fingerprint density at radius 2 is 1.62 bits per heavy atom. The predicted octanol–water partition coefficient (Wildman–Crippen LogP) is 2.68. The van der Waals surface area contributed by atoms with Crippen LogP contribution in [-0.2, 0) is 0 Å². The van der Waals surface area contributed by atoms with Crippen LogP contribution in [0.25, 0.3) is 0 Å². The molecule has 0 bridgehead atoms. The van der Waals surface area contributed by atoms with Gasteiger partial charge in [0.1, 0.15) is 17.6 Å². The van der Waals surface area contributed by atoms with E-state index in [1.807, 2.05) is 18.2 Å². The Morgan fingerprint density at radius 1 is 0.952 bits per heavy atom. The van der Waals surface area contributed by atoms with E-state index in [4.69, 9.17) is 9.47 Å². The average Bonchev–Trinajstić information content (AvgIpc) is 2.44. The maximum absolute atomic E-state index is 11.9. The zero-order valence-corrected chi connectivity index (χ0v) is 12.1. The molecule has 0 aliphatic carbocycles. The zero-order chi connectivity index (χ0) is 13.8. The third kappa shape index (κ3) is 3.97. The fourth-order valence-corrected chi connectivity index (χ4v) is 1.86. The summed E-state index contributed by atoms with van der Waals surface area (Å²) in [4.78, 5) is 11.9. The first kappa shape index (κ1) is 15.4. The molecule has 0 amide bonds. The third-order valence-corrected chi connectivity index (χ3v) is 3.09. The summed E-state index contributed by atoms with van der Waals surface area (Å²) in [6.07, 6.45) is 0.233. The lowest BCUT2D eigenvalue weighted by Crippen LogP contribution is -2.50. The second-order valence-electron chi connectivity index (χ2n) is 4.63. The van der Waals surface area contributed by atoms with Gasteiger partial charge in [-0.2, -0.15) is 0 Å². The van der Waals surface area contributed by atoms with Crippen LogP contribution in [0, 0.1) is 0 Å². The standard InChI is InChI=1S/C16H15NO3.ClH/c18-16(20-13-4-2-1-3-5-13)12-6-8-14(9-7-12)19-15-10-17-11-15;/h1-9,15,17H,10-11H2;1H. The summed E-state index contributed by atoms with van der Waals surface area (Å²) in [6.45, 7) is 1.75. The van der Waals surface area contributed by atoms with E-state index in [2.05, 4.69) is 5.32 Å². The van der Waals surface area contributed by atoms with Gasteiger partial charge >= 0.3 is 5.97 Å². The molecule has 1 fully saturated rings. The first-order chi connectivity index (χ1) is 9.81. The summed E-state index contributed by atoms with van der Waals surface area (Å²) >= 11 is 0. The van der Waals surface area contributed by atoms with Gasteiger partial charge < -0.3 is 14.8 Å². The van der Waals surface area contributed by atoms with Gasteiger partial charge in [-0.1, -0.05) is 18.2 Å². The summed E-state index contributed by atoms with van der Waals surface area (Å²) in [5, 5.41) is 3.14. The number of carbonyl (C=O) groups excluding carboxylic acids is 1. The highest BCUT2D eigenvalue weighted by Gasteiger charge is 2.18. The van der Waals surface area contributed by atoms with Crippen molar-refractivity contribution in [3.05, 3.63) is 60.2 Å². The number of rotatable bonds is 4. The fraction of sp³-hybridized carbons (Fsp3) is 0.188. The monoisotopic (exact) mass is 305 g/mol. The van der Waals surface area contributed by atoms with Crippen molar-refractivity contribution >= 4 is 18.4 Å². The minimum atomic E-state index is -0.368. The minimum Gasteiger partial charge on any atom is -0.488 e. The van der Waals surface area contributed by atoms with Gasteiger partial charge in [0.15, 0.2) is 0 Å². The van der Waals surface area contributed by atoms with Gasteiger partial charge in [0.05, 0.1) is 5.56 Å². The minimum absolute atomic E-state index is 0. The topological polar surface area (TPSA) is 47.6 Å². The predicted molar refractivity (Wildman–Crippen MR) is 82.4 cm³/mol. The molecule has 1 aliphatic heterocycles. The van der Waals surface area contributed by atoms with E-state index in [1.54, 1.807) is 36.4 Å². The van der Waals surface area contributed by atoms with Gasteiger partial charge in [-0.05, 0) is 36.4 Å². The second-order valence-corrected chi connectivity index (χ2v) is 4.63. The number of para-hydroxylation sites is 1. The van der Waals surface area contributed by atoms with Gasteiger partial charge in [0.2, 0.25) is 0 Å². The number of benzene rings is 2. The van der Waals surface area contributed by atoms with Gasteiger partial charge in [-0.25, -0.2) is 4.79 Å². The molecule has 0 aromatic heterocycles. The van der Waals surface area contributed by atoms with E-state index in [0.717, 1.165) is 18.8 Å².